The summed E-state index contributed by atoms with van der Waals surface area (Å²) in [5, 5.41) is 19.9. The second-order valence-corrected chi connectivity index (χ2v) is 11.1. The largest absolute Gasteiger partial charge is 0.436 e. The van der Waals surface area contributed by atoms with E-state index >= 15 is 4.39 Å². The molecule has 1 fully saturated rings. The molecule has 46 heavy (non-hydrogen) atoms. The van der Waals surface area contributed by atoms with Gasteiger partial charge in [-0.3, -0.25) is 14.8 Å². The summed E-state index contributed by atoms with van der Waals surface area (Å²) in [6.45, 7) is 5.57. The van der Waals surface area contributed by atoms with Crippen molar-refractivity contribution >= 4 is 34.6 Å². The minimum Gasteiger partial charge on any atom is -0.436 e. The molecule has 4 aromatic rings. The molecule has 238 valence electrons. The zero-order valence-electron chi connectivity index (χ0n) is 25.6. The predicted molar refractivity (Wildman–Crippen MR) is 172 cm³/mol. The number of aliphatic hydroxyl groups excluding tert-OH is 1. The van der Waals surface area contributed by atoms with Gasteiger partial charge in [-0.15, -0.1) is 0 Å². The van der Waals surface area contributed by atoms with Crippen molar-refractivity contribution in [3.05, 3.63) is 102 Å². The molecule has 1 saturated heterocycles. The average Bonchev–Trinajstić information content (AvgIpc) is 3.26. The van der Waals surface area contributed by atoms with Crippen LogP contribution in [0.5, 0.6) is 11.6 Å². The van der Waals surface area contributed by atoms with Crippen molar-refractivity contribution in [1.29, 1.82) is 0 Å². The lowest BCUT2D eigenvalue weighted by molar-refractivity contribution is -0.113. The Hall–Kier alpha value is -5.27. The molecule has 3 heterocycles. The van der Waals surface area contributed by atoms with Gasteiger partial charge in [-0.1, -0.05) is 6.07 Å². The van der Waals surface area contributed by atoms with Gasteiger partial charge < -0.3 is 30.3 Å². The number of halogens is 2. The Morgan fingerprint density at radius 1 is 0.935 bits per heavy atom. The summed E-state index contributed by atoms with van der Waals surface area (Å²) in [5.74, 6) is -1.45. The van der Waals surface area contributed by atoms with E-state index in [4.69, 9.17) is 4.74 Å². The number of piperazine rings is 1. The molecule has 2 aliphatic heterocycles. The van der Waals surface area contributed by atoms with Gasteiger partial charge in [0.1, 0.15) is 5.82 Å². The third-order valence-corrected chi connectivity index (χ3v) is 8.03. The fourth-order valence-electron chi connectivity index (χ4n) is 5.40. The smallest absolute Gasteiger partial charge is 0.258 e. The zero-order valence-corrected chi connectivity index (χ0v) is 25.6. The van der Waals surface area contributed by atoms with E-state index in [-0.39, 0.29) is 28.8 Å². The van der Waals surface area contributed by atoms with Crippen LogP contribution in [0.25, 0.3) is 0 Å². The van der Waals surface area contributed by atoms with Crippen molar-refractivity contribution in [2.24, 2.45) is 0 Å². The van der Waals surface area contributed by atoms with Gasteiger partial charge in [0.05, 0.1) is 11.3 Å². The number of rotatable bonds is 8. The molecule has 13 heteroatoms. The number of nitrogens with one attached hydrogen (secondary N) is 2. The highest BCUT2D eigenvalue weighted by molar-refractivity contribution is 6.05. The predicted octanol–water partition coefficient (Wildman–Crippen LogP) is 4.94. The maximum atomic E-state index is 15.1. The molecule has 0 bridgehead atoms. The lowest BCUT2D eigenvalue weighted by Gasteiger charge is -2.34. The molecule has 0 spiro atoms. The van der Waals surface area contributed by atoms with Crippen molar-refractivity contribution in [3.8, 4) is 11.6 Å². The van der Waals surface area contributed by atoms with Crippen LogP contribution < -0.4 is 25.3 Å². The quantitative estimate of drug-likeness (QED) is 0.248. The van der Waals surface area contributed by atoms with E-state index in [0.717, 1.165) is 43.6 Å². The molecule has 6 rings (SSSR count). The lowest BCUT2D eigenvalue weighted by atomic mass is 10.1. The summed E-state index contributed by atoms with van der Waals surface area (Å²) in [5.41, 5.74) is 3.12. The number of likely N-dealkylation sites (N-methyl/N-ethyl adjacent to an activating group) is 1. The van der Waals surface area contributed by atoms with Crippen LogP contribution >= 0.6 is 0 Å². The van der Waals surface area contributed by atoms with Crippen molar-refractivity contribution < 1.29 is 23.4 Å². The standard InChI is InChI=1S/C33H34F2N8O3/c1-21-30(32(45)43(41(21)3)25-10-7-22(34)8-11-25)31(44)37-24-9-12-28(27(35)20-24)46-29-13-14-36-33(39-29)38-23-5-4-6-26(19-23)42-17-15-40(2)16-18-42/h4-14,19-20,32,45H,15-18H2,1-3H3,(H,37,44)(H,36,38,39). The molecular formula is C33H34F2N8O3. The Labute approximate surface area is 265 Å². The van der Waals surface area contributed by atoms with Crippen LogP contribution in [0.3, 0.4) is 0 Å². The monoisotopic (exact) mass is 628 g/mol. The maximum absolute atomic E-state index is 15.1. The summed E-state index contributed by atoms with van der Waals surface area (Å²) in [6, 6.07) is 19.0. The van der Waals surface area contributed by atoms with E-state index in [0.29, 0.717) is 11.4 Å². The van der Waals surface area contributed by atoms with Gasteiger partial charge >= 0.3 is 0 Å². The Bertz CT molecular complexity index is 1760. The first kappa shape index (κ1) is 30.7. The molecule has 2 aliphatic rings. The third kappa shape index (κ3) is 6.55. The fraction of sp³-hybridized carbons (Fsp3) is 0.242. The number of allylic oxidation sites excluding steroid dienone is 1. The highest BCUT2D eigenvalue weighted by Gasteiger charge is 2.38. The molecule has 0 saturated carbocycles. The van der Waals surface area contributed by atoms with Crippen LogP contribution in [0, 0.1) is 11.6 Å². The first-order valence-electron chi connectivity index (χ1n) is 14.8. The Morgan fingerprint density at radius 3 is 2.43 bits per heavy atom. The first-order chi connectivity index (χ1) is 22.2. The first-order valence-corrected chi connectivity index (χ1v) is 14.8. The molecule has 1 atom stereocenters. The van der Waals surface area contributed by atoms with Gasteiger partial charge in [0.15, 0.2) is 17.8 Å². The SMILES string of the molecule is CC1=C(C(=O)Nc2ccc(Oc3ccnc(Nc4cccc(N5CCN(C)CC5)c4)n3)c(F)c2)C(O)N(c2ccc(F)cc2)N1C. The number of carbonyl (C=O) groups is 1. The van der Waals surface area contributed by atoms with Crippen molar-refractivity contribution in [1.82, 2.24) is 19.9 Å². The number of aromatic nitrogens is 2. The molecular weight excluding hydrogens is 594 g/mol. The molecule has 0 radical (unpaired) electrons. The number of nitrogens with zero attached hydrogens (tertiary/aromatic N) is 6. The third-order valence-electron chi connectivity index (χ3n) is 8.03. The van der Waals surface area contributed by atoms with Gasteiger partial charge in [0.25, 0.3) is 5.91 Å². The summed E-state index contributed by atoms with van der Waals surface area (Å²) in [7, 11) is 3.79. The van der Waals surface area contributed by atoms with Crippen molar-refractivity contribution in [2.45, 2.75) is 13.2 Å². The minimum absolute atomic E-state index is 0.0719. The number of carbonyl (C=O) groups excluding carboxylic acids is 1. The van der Waals surface area contributed by atoms with Gasteiger partial charge in [-0.25, -0.2) is 13.8 Å². The van der Waals surface area contributed by atoms with E-state index in [1.165, 1.54) is 53.7 Å². The van der Waals surface area contributed by atoms with Gasteiger partial charge in [0, 0.05) is 74.3 Å². The van der Waals surface area contributed by atoms with Gasteiger partial charge in [0.2, 0.25) is 11.8 Å². The van der Waals surface area contributed by atoms with Crippen molar-refractivity contribution in [2.75, 3.05) is 60.8 Å². The number of benzene rings is 3. The molecule has 1 amide bonds. The van der Waals surface area contributed by atoms with E-state index in [9.17, 15) is 14.3 Å². The number of hydrazine groups is 1. The topological polar surface area (TPSA) is 109 Å². The number of amides is 1. The van der Waals surface area contributed by atoms with E-state index < -0.39 is 23.8 Å². The second-order valence-electron chi connectivity index (χ2n) is 11.1. The van der Waals surface area contributed by atoms with Crippen LogP contribution in [0.4, 0.5) is 37.5 Å². The number of hydrogen-bond acceptors (Lipinski definition) is 10. The molecule has 11 nitrogen and oxygen atoms in total. The van der Waals surface area contributed by atoms with E-state index in [1.54, 1.807) is 19.0 Å². The molecule has 0 aliphatic carbocycles. The highest BCUT2D eigenvalue weighted by Crippen LogP contribution is 2.33. The van der Waals surface area contributed by atoms with E-state index in [2.05, 4.69) is 43.5 Å². The van der Waals surface area contributed by atoms with Crippen LogP contribution in [0.1, 0.15) is 6.92 Å². The minimum atomic E-state index is -1.34. The van der Waals surface area contributed by atoms with Crippen molar-refractivity contribution in [3.63, 3.8) is 0 Å². The number of anilines is 5. The molecule has 3 aromatic carbocycles. The summed E-state index contributed by atoms with van der Waals surface area (Å²) < 4.78 is 34.3. The fourth-order valence-corrected chi connectivity index (χ4v) is 5.40. The summed E-state index contributed by atoms with van der Waals surface area (Å²) >= 11 is 0. The second kappa shape index (κ2) is 13.0. The summed E-state index contributed by atoms with van der Waals surface area (Å²) in [6.07, 6.45) is 0.175. The molecule has 1 unspecified atom stereocenters. The lowest BCUT2D eigenvalue weighted by Crippen LogP contribution is -2.44. The Balaban J connectivity index is 1.10. The number of hydrogen-bond donors (Lipinski definition) is 3. The van der Waals surface area contributed by atoms with Crippen LogP contribution in [0.15, 0.2) is 90.3 Å². The Morgan fingerprint density at radius 2 is 1.70 bits per heavy atom. The van der Waals surface area contributed by atoms with Gasteiger partial charge in [-0.05, 0) is 68.6 Å². The van der Waals surface area contributed by atoms with Gasteiger partial charge in [-0.2, -0.15) is 4.98 Å². The number of aliphatic hydroxyl groups is 1. The Kier molecular flexibility index (Phi) is 8.68. The highest BCUT2D eigenvalue weighted by atomic mass is 19.1. The van der Waals surface area contributed by atoms with Crippen LogP contribution in [0.2, 0.25) is 0 Å². The average molecular weight is 629 g/mol. The molecule has 1 aromatic heterocycles. The van der Waals surface area contributed by atoms with E-state index in [1.807, 2.05) is 18.2 Å². The zero-order chi connectivity index (χ0) is 32.4. The van der Waals surface area contributed by atoms with Crippen LogP contribution in [-0.4, -0.2) is 77.4 Å². The number of ether oxygens (including phenoxy) is 1. The summed E-state index contributed by atoms with van der Waals surface area (Å²) in [4.78, 5) is 26.5. The maximum Gasteiger partial charge on any atom is 0.258 e. The normalized spacial score (nSPS) is 17.0. The van der Waals surface area contributed by atoms with Crippen LogP contribution in [-0.2, 0) is 4.79 Å². The molecule has 3 N–H and O–H groups in total.